The Morgan fingerprint density at radius 1 is 1.14 bits per heavy atom. The van der Waals surface area contributed by atoms with E-state index in [4.69, 9.17) is 0 Å². The van der Waals surface area contributed by atoms with Gasteiger partial charge in [0.2, 0.25) is 0 Å². The van der Waals surface area contributed by atoms with Crippen molar-refractivity contribution in [1.29, 1.82) is 0 Å². The van der Waals surface area contributed by atoms with E-state index in [2.05, 4.69) is 28.6 Å². The number of fused-ring (bicyclic) bond motifs is 1. The summed E-state index contributed by atoms with van der Waals surface area (Å²) in [6.45, 7) is 4.01. The Hall–Kier alpha value is -2.49. The lowest BCUT2D eigenvalue weighted by molar-refractivity contribution is 0.631. The molecule has 1 aromatic heterocycles. The maximum absolute atomic E-state index is 13.9. The predicted octanol–water partition coefficient (Wildman–Crippen LogP) is 4.96. The van der Waals surface area contributed by atoms with Crippen molar-refractivity contribution in [3.05, 3.63) is 53.5 Å². The van der Waals surface area contributed by atoms with Gasteiger partial charge in [-0.3, -0.25) is 0 Å². The van der Waals surface area contributed by atoms with E-state index in [9.17, 15) is 4.39 Å². The van der Waals surface area contributed by atoms with Crippen LogP contribution in [0.1, 0.15) is 18.2 Å². The number of anilines is 3. The molecule has 0 aliphatic carbocycles. The van der Waals surface area contributed by atoms with E-state index in [1.54, 1.807) is 6.07 Å². The van der Waals surface area contributed by atoms with Crippen LogP contribution in [0.5, 0.6) is 0 Å². The molecule has 2 aromatic carbocycles. The van der Waals surface area contributed by atoms with Gasteiger partial charge < -0.3 is 15.6 Å². The summed E-state index contributed by atoms with van der Waals surface area (Å²) in [4.78, 5) is 3.42. The number of hydrogen-bond acceptors (Lipinski definition) is 2. The summed E-state index contributed by atoms with van der Waals surface area (Å²) >= 11 is 0. The first-order chi connectivity index (χ1) is 10.6. The third kappa shape index (κ3) is 2.41. The largest absolute Gasteiger partial charge is 0.386 e. The van der Waals surface area contributed by atoms with Crippen molar-refractivity contribution in [3.8, 4) is 0 Å². The summed E-state index contributed by atoms with van der Waals surface area (Å²) in [5.74, 6) is -0.239. The summed E-state index contributed by atoms with van der Waals surface area (Å²) < 4.78 is 13.9. The van der Waals surface area contributed by atoms with Crippen LogP contribution in [0.25, 0.3) is 10.9 Å². The zero-order valence-corrected chi connectivity index (χ0v) is 13.0. The lowest BCUT2D eigenvalue weighted by atomic mass is 10.1. The average molecular weight is 297 g/mol. The van der Waals surface area contributed by atoms with Gasteiger partial charge in [-0.05, 0) is 43.2 Å². The molecule has 114 valence electrons. The van der Waals surface area contributed by atoms with E-state index in [0.29, 0.717) is 5.69 Å². The second-order valence-electron chi connectivity index (χ2n) is 5.40. The number of para-hydroxylation sites is 1. The van der Waals surface area contributed by atoms with Gasteiger partial charge in [-0.2, -0.15) is 0 Å². The van der Waals surface area contributed by atoms with E-state index in [0.717, 1.165) is 34.3 Å². The number of aromatic amines is 1. The molecule has 0 bridgehead atoms. The lowest BCUT2D eigenvalue weighted by Crippen LogP contribution is -1.96. The predicted molar refractivity (Wildman–Crippen MR) is 91.6 cm³/mol. The van der Waals surface area contributed by atoms with E-state index in [1.807, 2.05) is 32.2 Å². The summed E-state index contributed by atoms with van der Waals surface area (Å²) in [7, 11) is 1.93. The second-order valence-corrected chi connectivity index (χ2v) is 5.40. The Kier molecular flexibility index (Phi) is 3.75. The topological polar surface area (TPSA) is 39.9 Å². The fourth-order valence-electron chi connectivity index (χ4n) is 2.82. The molecule has 0 saturated heterocycles. The minimum atomic E-state index is -0.239. The molecule has 22 heavy (non-hydrogen) atoms. The van der Waals surface area contributed by atoms with Crippen molar-refractivity contribution < 1.29 is 4.39 Å². The van der Waals surface area contributed by atoms with E-state index in [-0.39, 0.29) is 5.82 Å². The van der Waals surface area contributed by atoms with Gasteiger partial charge in [0.05, 0.1) is 11.4 Å². The molecular formula is C18H20FN3. The Morgan fingerprint density at radius 3 is 2.64 bits per heavy atom. The SMILES string of the molecule is CCc1[nH]c2cc(Nc3c(C)cccc3F)ccc2c1NC. The molecule has 0 aliphatic heterocycles. The van der Waals surface area contributed by atoms with Crippen LogP contribution in [-0.2, 0) is 6.42 Å². The third-order valence-corrected chi connectivity index (χ3v) is 3.97. The van der Waals surface area contributed by atoms with Crippen molar-refractivity contribution >= 4 is 28.0 Å². The zero-order chi connectivity index (χ0) is 15.7. The highest BCUT2D eigenvalue weighted by Gasteiger charge is 2.10. The van der Waals surface area contributed by atoms with Crippen LogP contribution in [0, 0.1) is 12.7 Å². The highest BCUT2D eigenvalue weighted by atomic mass is 19.1. The van der Waals surface area contributed by atoms with Crippen LogP contribution < -0.4 is 10.6 Å². The Balaban J connectivity index is 2.02. The van der Waals surface area contributed by atoms with E-state index < -0.39 is 0 Å². The number of benzene rings is 2. The van der Waals surface area contributed by atoms with Crippen LogP contribution in [0.4, 0.5) is 21.5 Å². The maximum atomic E-state index is 13.9. The van der Waals surface area contributed by atoms with Gasteiger partial charge in [0.1, 0.15) is 5.82 Å². The molecule has 0 radical (unpaired) electrons. The molecule has 0 spiro atoms. The number of hydrogen-bond donors (Lipinski definition) is 3. The van der Waals surface area contributed by atoms with Gasteiger partial charge in [-0.25, -0.2) is 4.39 Å². The van der Waals surface area contributed by atoms with Gasteiger partial charge in [-0.1, -0.05) is 19.1 Å². The van der Waals surface area contributed by atoms with Crippen LogP contribution in [0.3, 0.4) is 0 Å². The maximum Gasteiger partial charge on any atom is 0.146 e. The first-order valence-corrected chi connectivity index (χ1v) is 7.48. The fourth-order valence-corrected chi connectivity index (χ4v) is 2.82. The highest BCUT2D eigenvalue weighted by molar-refractivity contribution is 5.96. The Morgan fingerprint density at radius 2 is 1.95 bits per heavy atom. The molecule has 0 atom stereocenters. The Bertz CT molecular complexity index is 800. The van der Waals surface area contributed by atoms with Gasteiger partial charge in [-0.15, -0.1) is 0 Å². The molecule has 0 aliphatic rings. The van der Waals surface area contributed by atoms with Crippen molar-refractivity contribution in [3.63, 3.8) is 0 Å². The zero-order valence-electron chi connectivity index (χ0n) is 13.0. The molecule has 1 heterocycles. The quantitative estimate of drug-likeness (QED) is 0.636. The molecule has 3 aromatic rings. The molecule has 0 amide bonds. The molecule has 3 N–H and O–H groups in total. The van der Waals surface area contributed by atoms with E-state index in [1.165, 1.54) is 11.8 Å². The minimum Gasteiger partial charge on any atom is -0.386 e. The summed E-state index contributed by atoms with van der Waals surface area (Å²) in [6, 6.07) is 11.1. The number of rotatable bonds is 4. The fraction of sp³-hybridized carbons (Fsp3) is 0.222. The standard InChI is InChI=1S/C18H20FN3/c1-4-15-18(20-3)13-9-8-12(10-16(13)22-15)21-17-11(2)6-5-7-14(17)19/h5-10,20-22H,4H2,1-3H3. The van der Waals surface area contributed by atoms with Crippen LogP contribution in [-0.4, -0.2) is 12.0 Å². The molecule has 0 fully saturated rings. The molecule has 4 heteroatoms. The van der Waals surface area contributed by atoms with Gasteiger partial charge in [0, 0.05) is 29.3 Å². The number of halogens is 1. The summed E-state index contributed by atoms with van der Waals surface area (Å²) in [5.41, 5.74) is 5.63. The van der Waals surface area contributed by atoms with Crippen LogP contribution in [0.15, 0.2) is 36.4 Å². The molecular weight excluding hydrogens is 277 g/mol. The van der Waals surface area contributed by atoms with Gasteiger partial charge in [0.25, 0.3) is 0 Å². The van der Waals surface area contributed by atoms with Crippen molar-refractivity contribution in [1.82, 2.24) is 4.98 Å². The molecule has 3 nitrogen and oxygen atoms in total. The summed E-state index contributed by atoms with van der Waals surface area (Å²) in [5, 5.41) is 7.58. The number of H-pyrrole nitrogens is 1. The number of aromatic nitrogens is 1. The van der Waals surface area contributed by atoms with Crippen molar-refractivity contribution in [2.24, 2.45) is 0 Å². The molecule has 0 unspecified atom stereocenters. The number of aryl methyl sites for hydroxylation is 2. The number of nitrogens with one attached hydrogen (secondary N) is 3. The minimum absolute atomic E-state index is 0.239. The van der Waals surface area contributed by atoms with Crippen LogP contribution in [0.2, 0.25) is 0 Å². The monoisotopic (exact) mass is 297 g/mol. The van der Waals surface area contributed by atoms with Crippen molar-refractivity contribution in [2.45, 2.75) is 20.3 Å². The average Bonchev–Trinajstić information content (AvgIpc) is 2.88. The van der Waals surface area contributed by atoms with Crippen molar-refractivity contribution in [2.75, 3.05) is 17.7 Å². The Labute approximate surface area is 129 Å². The van der Waals surface area contributed by atoms with Crippen LogP contribution >= 0.6 is 0 Å². The summed E-state index contributed by atoms with van der Waals surface area (Å²) in [6.07, 6.45) is 0.931. The molecule has 3 rings (SSSR count). The molecule has 0 saturated carbocycles. The van der Waals surface area contributed by atoms with Gasteiger partial charge in [0.15, 0.2) is 0 Å². The first kappa shape index (κ1) is 14.4. The normalized spacial score (nSPS) is 10.9. The second kappa shape index (κ2) is 5.72. The smallest absolute Gasteiger partial charge is 0.146 e. The lowest BCUT2D eigenvalue weighted by Gasteiger charge is -2.10. The highest BCUT2D eigenvalue weighted by Crippen LogP contribution is 2.31. The van der Waals surface area contributed by atoms with Gasteiger partial charge >= 0.3 is 0 Å². The van der Waals surface area contributed by atoms with E-state index >= 15 is 0 Å². The first-order valence-electron chi connectivity index (χ1n) is 7.48. The third-order valence-electron chi connectivity index (χ3n) is 3.97.